The van der Waals surface area contributed by atoms with E-state index in [9.17, 15) is 0 Å². The van der Waals surface area contributed by atoms with Crippen LogP contribution in [0.15, 0.2) is 90.3 Å². The van der Waals surface area contributed by atoms with Crippen molar-refractivity contribution in [2.45, 2.75) is 46.5 Å². The molecule has 3 heteroatoms. The van der Waals surface area contributed by atoms with Gasteiger partial charge in [-0.05, 0) is 96.6 Å². The highest BCUT2D eigenvalue weighted by Gasteiger charge is 2.31. The van der Waals surface area contributed by atoms with Crippen molar-refractivity contribution < 1.29 is 0 Å². The van der Waals surface area contributed by atoms with E-state index in [1.807, 2.05) is 0 Å². The van der Waals surface area contributed by atoms with Crippen LogP contribution in [0.3, 0.4) is 0 Å². The summed E-state index contributed by atoms with van der Waals surface area (Å²) in [6.07, 6.45) is 0. The van der Waals surface area contributed by atoms with Crippen LogP contribution in [0.1, 0.15) is 57.8 Å². The van der Waals surface area contributed by atoms with Crippen molar-refractivity contribution in [2.24, 2.45) is 0 Å². The molecule has 176 valence electrons. The van der Waals surface area contributed by atoms with E-state index in [-0.39, 0.29) is 11.8 Å². The lowest BCUT2D eigenvalue weighted by molar-refractivity contribution is 0.620. The first-order valence-corrected chi connectivity index (χ1v) is 13.1. The van der Waals surface area contributed by atoms with Crippen LogP contribution in [0.4, 0.5) is 0 Å². The molecule has 0 aliphatic heterocycles. The van der Waals surface area contributed by atoms with E-state index in [4.69, 9.17) is 5.10 Å². The first-order valence-electron chi connectivity index (χ1n) is 12.3. The number of benzene rings is 3. The van der Waals surface area contributed by atoms with Crippen LogP contribution in [0.5, 0.6) is 0 Å². The Hall–Kier alpha value is -3.43. The zero-order valence-corrected chi connectivity index (χ0v) is 21.9. The minimum Gasteiger partial charge on any atom is -0.232 e. The average Bonchev–Trinajstić information content (AvgIpc) is 3.52. The summed E-state index contributed by atoms with van der Waals surface area (Å²) in [6.45, 7) is 11.3. The average molecular weight is 477 g/mol. The highest BCUT2D eigenvalue weighted by atomic mass is 32.1. The van der Waals surface area contributed by atoms with Gasteiger partial charge in [-0.2, -0.15) is 5.10 Å². The first kappa shape index (κ1) is 23.3. The van der Waals surface area contributed by atoms with Gasteiger partial charge in [-0.3, -0.25) is 0 Å². The molecule has 2 heterocycles. The summed E-state index contributed by atoms with van der Waals surface area (Å²) < 4.78 is 2.12. The minimum absolute atomic E-state index is 0.139. The number of aryl methyl sites for hydroxylation is 4. The quantitative estimate of drug-likeness (QED) is 0.239. The summed E-state index contributed by atoms with van der Waals surface area (Å²) in [7, 11) is 0. The van der Waals surface area contributed by atoms with E-state index >= 15 is 0 Å². The van der Waals surface area contributed by atoms with Crippen LogP contribution in [0, 0.1) is 27.7 Å². The molecule has 2 nitrogen and oxygen atoms in total. The Kier molecular flexibility index (Phi) is 6.44. The third-order valence-electron chi connectivity index (χ3n) is 7.17. The Labute approximate surface area is 212 Å². The Bertz CT molecular complexity index is 1400. The summed E-state index contributed by atoms with van der Waals surface area (Å²) in [5.41, 5.74) is 11.5. The van der Waals surface area contributed by atoms with E-state index in [2.05, 4.69) is 130 Å². The van der Waals surface area contributed by atoms with Crippen molar-refractivity contribution in [3.05, 3.63) is 129 Å². The zero-order chi connectivity index (χ0) is 24.5. The molecule has 0 fully saturated rings. The van der Waals surface area contributed by atoms with Gasteiger partial charge in [0.05, 0.1) is 22.0 Å². The van der Waals surface area contributed by atoms with Crippen molar-refractivity contribution >= 4 is 11.3 Å². The molecule has 0 bridgehead atoms. The van der Waals surface area contributed by atoms with Gasteiger partial charge in [0.2, 0.25) is 0 Å². The van der Waals surface area contributed by atoms with Crippen molar-refractivity contribution in [3.63, 3.8) is 0 Å². The van der Waals surface area contributed by atoms with E-state index in [1.165, 1.54) is 38.3 Å². The van der Waals surface area contributed by atoms with Gasteiger partial charge in [-0.1, -0.05) is 67.6 Å². The normalized spacial score (nSPS) is 13.1. The maximum Gasteiger partial charge on any atom is 0.0843 e. The standard InChI is InChI=1S/C32H32N2S/c1-21-12-9-13-22(2)30(21)25(5)32(31-23(3)14-10-15-24(31)4)27-20-28(29-18-11-19-35-29)34(33-27)26-16-7-6-8-17-26/h6-20,25,32H,1-5H3. The van der Waals surface area contributed by atoms with Crippen LogP contribution in [-0.4, -0.2) is 9.78 Å². The molecule has 5 aromatic rings. The molecule has 2 atom stereocenters. The van der Waals surface area contributed by atoms with Gasteiger partial charge in [-0.25, -0.2) is 4.68 Å². The molecular weight excluding hydrogens is 444 g/mol. The van der Waals surface area contributed by atoms with Gasteiger partial charge < -0.3 is 0 Å². The SMILES string of the molecule is Cc1cccc(C)c1C(C)C(c1cc(-c2cccs2)n(-c2ccccc2)n1)c1c(C)cccc1C. The second-order valence-electron chi connectivity index (χ2n) is 9.56. The van der Waals surface area contributed by atoms with Gasteiger partial charge in [-0.15, -0.1) is 11.3 Å². The molecule has 0 amide bonds. The fraction of sp³-hybridized carbons (Fsp3) is 0.219. The molecule has 35 heavy (non-hydrogen) atoms. The van der Waals surface area contributed by atoms with Crippen molar-refractivity contribution in [2.75, 3.05) is 0 Å². The molecule has 2 aromatic heterocycles. The molecule has 0 N–H and O–H groups in total. The number of para-hydroxylation sites is 1. The third-order valence-corrected chi connectivity index (χ3v) is 8.06. The Morgan fingerprint density at radius 3 is 1.86 bits per heavy atom. The lowest BCUT2D eigenvalue weighted by Crippen LogP contribution is -2.16. The Morgan fingerprint density at radius 1 is 0.686 bits per heavy atom. The van der Waals surface area contributed by atoms with Gasteiger partial charge in [0, 0.05) is 5.92 Å². The first-order chi connectivity index (χ1) is 17.0. The topological polar surface area (TPSA) is 17.8 Å². The zero-order valence-electron chi connectivity index (χ0n) is 21.1. The number of thiophene rings is 1. The van der Waals surface area contributed by atoms with E-state index in [0.717, 1.165) is 17.1 Å². The van der Waals surface area contributed by atoms with E-state index in [1.54, 1.807) is 11.3 Å². The number of aromatic nitrogens is 2. The predicted octanol–water partition coefficient (Wildman–Crippen LogP) is 8.77. The summed E-state index contributed by atoms with van der Waals surface area (Å²) in [4.78, 5) is 1.23. The van der Waals surface area contributed by atoms with Gasteiger partial charge >= 0.3 is 0 Å². The Morgan fingerprint density at radius 2 is 1.29 bits per heavy atom. The molecule has 2 unspecified atom stereocenters. The lowest BCUT2D eigenvalue weighted by Gasteiger charge is -2.29. The fourth-order valence-corrected chi connectivity index (χ4v) is 6.33. The van der Waals surface area contributed by atoms with E-state index in [0.29, 0.717) is 0 Å². The summed E-state index contributed by atoms with van der Waals surface area (Å²) in [6, 6.07) is 30.4. The van der Waals surface area contributed by atoms with Gasteiger partial charge in [0.15, 0.2) is 0 Å². The number of rotatable bonds is 6. The molecule has 0 spiro atoms. The second kappa shape index (κ2) is 9.67. The molecule has 5 rings (SSSR count). The van der Waals surface area contributed by atoms with Crippen LogP contribution >= 0.6 is 11.3 Å². The number of nitrogens with zero attached hydrogens (tertiary/aromatic N) is 2. The maximum absolute atomic E-state index is 5.32. The highest BCUT2D eigenvalue weighted by molar-refractivity contribution is 7.13. The van der Waals surface area contributed by atoms with Crippen molar-refractivity contribution in [1.29, 1.82) is 0 Å². The summed E-state index contributed by atoms with van der Waals surface area (Å²) in [5, 5.41) is 7.46. The fourth-order valence-electron chi connectivity index (χ4n) is 5.60. The molecule has 0 saturated carbocycles. The Balaban J connectivity index is 1.77. The number of hydrogen-bond donors (Lipinski definition) is 0. The van der Waals surface area contributed by atoms with Crippen LogP contribution < -0.4 is 0 Å². The van der Waals surface area contributed by atoms with Crippen LogP contribution in [0.2, 0.25) is 0 Å². The number of hydrogen-bond acceptors (Lipinski definition) is 2. The van der Waals surface area contributed by atoms with E-state index < -0.39 is 0 Å². The summed E-state index contributed by atoms with van der Waals surface area (Å²) in [5.74, 6) is 0.408. The largest absolute Gasteiger partial charge is 0.232 e. The molecule has 0 saturated heterocycles. The maximum atomic E-state index is 5.32. The van der Waals surface area contributed by atoms with Crippen LogP contribution in [0.25, 0.3) is 16.3 Å². The molecular formula is C32H32N2S. The molecule has 0 aliphatic rings. The van der Waals surface area contributed by atoms with Crippen molar-refractivity contribution in [3.8, 4) is 16.3 Å². The monoisotopic (exact) mass is 476 g/mol. The van der Waals surface area contributed by atoms with Gasteiger partial charge in [0.1, 0.15) is 0 Å². The summed E-state index contributed by atoms with van der Waals surface area (Å²) >= 11 is 1.76. The molecule has 0 aliphatic carbocycles. The minimum atomic E-state index is 0.139. The lowest BCUT2D eigenvalue weighted by atomic mass is 9.75. The smallest absolute Gasteiger partial charge is 0.0843 e. The molecule has 0 radical (unpaired) electrons. The third kappa shape index (κ3) is 4.37. The molecule has 3 aromatic carbocycles. The van der Waals surface area contributed by atoms with Crippen molar-refractivity contribution in [1.82, 2.24) is 9.78 Å². The highest BCUT2D eigenvalue weighted by Crippen LogP contribution is 2.44. The van der Waals surface area contributed by atoms with Crippen LogP contribution in [-0.2, 0) is 0 Å². The van der Waals surface area contributed by atoms with Gasteiger partial charge in [0.25, 0.3) is 0 Å². The second-order valence-corrected chi connectivity index (χ2v) is 10.5. The predicted molar refractivity (Wildman–Crippen MR) is 149 cm³/mol.